The van der Waals surface area contributed by atoms with Gasteiger partial charge in [-0.1, -0.05) is 24.3 Å². The predicted octanol–water partition coefficient (Wildman–Crippen LogP) is 0.706. The molecular formula is C9H9O2-. The van der Waals surface area contributed by atoms with Crippen molar-refractivity contribution in [3.63, 3.8) is 0 Å². The van der Waals surface area contributed by atoms with E-state index in [1.165, 1.54) is 6.92 Å². The molecule has 1 rings (SSSR count). The summed E-state index contributed by atoms with van der Waals surface area (Å²) in [5.41, 5.74) is 0.625. The molecule has 0 heterocycles. The van der Waals surface area contributed by atoms with Gasteiger partial charge in [0.25, 0.3) is 0 Å². The second kappa shape index (κ2) is 3.19. The molecule has 0 bridgehead atoms. The van der Waals surface area contributed by atoms with Crippen LogP contribution in [0.5, 0.6) is 0 Å². The largest absolute Gasteiger partial charge is 0.875 e. The van der Waals surface area contributed by atoms with Gasteiger partial charge in [-0.15, -0.1) is 5.76 Å². The maximum absolute atomic E-state index is 11.1. The van der Waals surface area contributed by atoms with Crippen molar-refractivity contribution in [3.05, 3.63) is 35.6 Å². The molecule has 2 nitrogen and oxygen atoms in total. The highest BCUT2D eigenvalue weighted by Gasteiger charge is 1.96. The molecule has 0 radical (unpaired) electrons. The van der Waals surface area contributed by atoms with Crippen LogP contribution in [0.4, 0.5) is 0 Å². The highest BCUT2D eigenvalue weighted by Crippen LogP contribution is 2.11. The van der Waals surface area contributed by atoms with E-state index >= 15 is 0 Å². The van der Waals surface area contributed by atoms with Gasteiger partial charge in [0.15, 0.2) is 0 Å². The Bertz CT molecular complexity index is 243. The Balaban J connectivity index is 2.71. The molecule has 0 aromatic heterocycles. The van der Waals surface area contributed by atoms with Crippen molar-refractivity contribution in [3.8, 4) is 0 Å². The summed E-state index contributed by atoms with van der Waals surface area (Å²) in [6.07, 6.45) is 7.02. The molecule has 2 heteroatoms. The number of rotatable bonds is 2. The molecule has 0 N–H and O–H groups in total. The van der Waals surface area contributed by atoms with Crippen LogP contribution in [-0.2, 0) is 4.79 Å². The van der Waals surface area contributed by atoms with Crippen molar-refractivity contribution >= 4 is 5.78 Å². The summed E-state index contributed by atoms with van der Waals surface area (Å²) >= 11 is 0. The van der Waals surface area contributed by atoms with Crippen LogP contribution in [0.2, 0.25) is 0 Å². The fourth-order valence-electron chi connectivity index (χ4n) is 0.888. The molecule has 0 amide bonds. The average Bonchev–Trinajstić information content (AvgIpc) is 2.35. The van der Waals surface area contributed by atoms with Gasteiger partial charge < -0.3 is 5.11 Å². The van der Waals surface area contributed by atoms with Gasteiger partial charge in [0.1, 0.15) is 5.78 Å². The zero-order chi connectivity index (χ0) is 8.27. The first-order chi connectivity index (χ1) is 5.20. The van der Waals surface area contributed by atoms with Crippen LogP contribution in [-0.4, -0.2) is 5.78 Å². The maximum atomic E-state index is 11.1. The van der Waals surface area contributed by atoms with Crippen LogP contribution < -0.4 is 5.11 Å². The van der Waals surface area contributed by atoms with Gasteiger partial charge in [-0.25, -0.2) is 0 Å². The molecule has 11 heavy (non-hydrogen) atoms. The van der Waals surface area contributed by atoms with Crippen molar-refractivity contribution in [1.82, 2.24) is 0 Å². The van der Waals surface area contributed by atoms with Crippen molar-refractivity contribution in [1.29, 1.82) is 0 Å². The number of hydrogen-bond acceptors (Lipinski definition) is 2. The Labute approximate surface area is 65.5 Å². The van der Waals surface area contributed by atoms with Gasteiger partial charge in [0.2, 0.25) is 0 Å². The van der Waals surface area contributed by atoms with E-state index in [9.17, 15) is 9.90 Å². The highest BCUT2D eigenvalue weighted by molar-refractivity contribution is 5.78. The number of allylic oxidation sites excluding steroid dienone is 6. The summed E-state index contributed by atoms with van der Waals surface area (Å²) in [7, 11) is 0. The summed E-state index contributed by atoms with van der Waals surface area (Å²) in [4.78, 5) is 10.5. The number of Topliss-reactive ketones (excluding diaryl/α,β-unsaturated/α-hetero) is 1. The fraction of sp³-hybridized carbons (Fsp3) is 0.222. The molecule has 0 saturated heterocycles. The number of carbonyl (C=O) groups is 1. The van der Waals surface area contributed by atoms with E-state index < -0.39 is 0 Å². The first-order valence-electron chi connectivity index (χ1n) is 3.44. The van der Waals surface area contributed by atoms with Crippen molar-refractivity contribution in [2.75, 3.05) is 0 Å². The third kappa shape index (κ3) is 2.08. The molecular weight excluding hydrogens is 140 g/mol. The lowest BCUT2D eigenvalue weighted by Gasteiger charge is -2.11. The molecule has 1 aliphatic carbocycles. The van der Waals surface area contributed by atoms with Crippen LogP contribution in [0.25, 0.3) is 0 Å². The fourth-order valence-corrected chi connectivity index (χ4v) is 0.888. The molecule has 0 aromatic rings. The molecule has 0 saturated carbocycles. The quantitative estimate of drug-likeness (QED) is 0.542. The van der Waals surface area contributed by atoms with Crippen LogP contribution in [0.15, 0.2) is 35.6 Å². The van der Waals surface area contributed by atoms with Crippen molar-refractivity contribution < 1.29 is 9.90 Å². The van der Waals surface area contributed by atoms with Gasteiger partial charge >= 0.3 is 0 Å². The zero-order valence-corrected chi connectivity index (χ0v) is 6.33. The highest BCUT2D eigenvalue weighted by atomic mass is 16.3. The van der Waals surface area contributed by atoms with E-state index in [0.29, 0.717) is 5.57 Å². The Morgan fingerprint density at radius 2 is 2.00 bits per heavy atom. The Morgan fingerprint density at radius 1 is 1.45 bits per heavy atom. The van der Waals surface area contributed by atoms with Gasteiger partial charge in [0, 0.05) is 6.42 Å². The number of hydrogen-bond donors (Lipinski definition) is 0. The zero-order valence-electron chi connectivity index (χ0n) is 6.33. The van der Waals surface area contributed by atoms with Crippen LogP contribution in [0.3, 0.4) is 0 Å². The van der Waals surface area contributed by atoms with Crippen molar-refractivity contribution in [2.24, 2.45) is 0 Å². The molecule has 0 atom stereocenters. The molecule has 0 aromatic carbocycles. The lowest BCUT2D eigenvalue weighted by atomic mass is 10.2. The maximum Gasteiger partial charge on any atom is 0.132 e. The molecule has 58 valence electrons. The topological polar surface area (TPSA) is 40.1 Å². The first kappa shape index (κ1) is 7.79. The minimum atomic E-state index is -0.0949. The van der Waals surface area contributed by atoms with Crippen LogP contribution in [0, 0.1) is 0 Å². The first-order valence-corrected chi connectivity index (χ1v) is 3.44. The Kier molecular flexibility index (Phi) is 2.26. The summed E-state index contributed by atoms with van der Waals surface area (Å²) in [5, 5.41) is 11.1. The normalized spacial score (nSPS) is 14.1. The number of ketones is 1. The molecule has 0 aliphatic heterocycles. The van der Waals surface area contributed by atoms with E-state index in [4.69, 9.17) is 0 Å². The molecule has 0 unspecified atom stereocenters. The summed E-state index contributed by atoms with van der Waals surface area (Å²) in [5.74, 6) is -0.182. The van der Waals surface area contributed by atoms with Gasteiger partial charge in [0.05, 0.1) is 0 Å². The molecule has 0 fully saturated rings. The van der Waals surface area contributed by atoms with E-state index in [1.54, 1.807) is 24.3 Å². The standard InChI is InChI=1S/C9H10O2/c1-7(10)6-9(11)8-4-2-3-5-8/h2-5,11H,6H2,1H3/p-1. The minimum Gasteiger partial charge on any atom is -0.875 e. The monoisotopic (exact) mass is 149 g/mol. The van der Waals surface area contributed by atoms with E-state index in [0.717, 1.165) is 0 Å². The van der Waals surface area contributed by atoms with Crippen LogP contribution >= 0.6 is 0 Å². The minimum absolute atomic E-state index is 0.0179. The third-order valence-electron chi connectivity index (χ3n) is 1.39. The Hall–Kier alpha value is -1.31. The van der Waals surface area contributed by atoms with E-state index in [-0.39, 0.29) is 18.0 Å². The molecule has 1 aliphatic rings. The van der Waals surface area contributed by atoms with Crippen molar-refractivity contribution in [2.45, 2.75) is 13.3 Å². The lowest BCUT2D eigenvalue weighted by Crippen LogP contribution is -2.09. The van der Waals surface area contributed by atoms with Gasteiger partial charge in [-0.05, 0) is 12.5 Å². The SMILES string of the molecule is CC(=O)CC([O-])=C1C=CC=C1. The summed E-state index contributed by atoms with van der Waals surface area (Å²) < 4.78 is 0. The second-order valence-corrected chi connectivity index (χ2v) is 2.48. The summed E-state index contributed by atoms with van der Waals surface area (Å²) in [6, 6.07) is 0. The Morgan fingerprint density at radius 3 is 2.45 bits per heavy atom. The summed E-state index contributed by atoms with van der Waals surface area (Å²) in [6.45, 7) is 1.42. The predicted molar refractivity (Wildman–Crippen MR) is 40.6 cm³/mol. The smallest absolute Gasteiger partial charge is 0.132 e. The third-order valence-corrected chi connectivity index (χ3v) is 1.39. The van der Waals surface area contributed by atoms with Crippen LogP contribution in [0.1, 0.15) is 13.3 Å². The van der Waals surface area contributed by atoms with Gasteiger partial charge in [-0.3, -0.25) is 4.79 Å². The van der Waals surface area contributed by atoms with E-state index in [1.807, 2.05) is 0 Å². The lowest BCUT2D eigenvalue weighted by molar-refractivity contribution is -0.306. The molecule has 0 spiro atoms. The second-order valence-electron chi connectivity index (χ2n) is 2.48. The van der Waals surface area contributed by atoms with Gasteiger partial charge in [-0.2, -0.15) is 0 Å². The van der Waals surface area contributed by atoms with E-state index in [2.05, 4.69) is 0 Å². The number of carbonyl (C=O) groups excluding carboxylic acids is 1. The average molecular weight is 149 g/mol.